The van der Waals surface area contributed by atoms with Crippen LogP contribution in [0.15, 0.2) is 0 Å². The monoisotopic (exact) mass is 220 g/mol. The molecule has 0 saturated carbocycles. The fourth-order valence-electron chi connectivity index (χ4n) is 0.447. The molecule has 0 rings (SSSR count). The van der Waals surface area contributed by atoms with E-state index in [0.29, 0.717) is 0 Å². The molecule has 68 valence electrons. The Morgan fingerprint density at radius 3 is 0.818 bits per heavy atom. The van der Waals surface area contributed by atoms with Gasteiger partial charge < -0.3 is 10.6 Å². The van der Waals surface area contributed by atoms with E-state index < -0.39 is 0 Å². The van der Waals surface area contributed by atoms with Crippen molar-refractivity contribution in [2.24, 2.45) is 0 Å². The van der Waals surface area contributed by atoms with Gasteiger partial charge in [0.25, 0.3) is 0 Å². The molecule has 0 spiro atoms. The summed E-state index contributed by atoms with van der Waals surface area (Å²) in [7, 11) is 0. The Kier molecular flexibility index (Phi) is 35.7. The SMILES string of the molecule is CC[N-]CC.CC[N-]CC.[GeH2+2]. The Morgan fingerprint density at radius 2 is 0.818 bits per heavy atom. The summed E-state index contributed by atoms with van der Waals surface area (Å²) in [4.78, 5) is 0. The quantitative estimate of drug-likeness (QED) is 0.645. The molecule has 0 aromatic carbocycles. The molecule has 0 radical (unpaired) electrons. The first-order valence-electron chi connectivity index (χ1n) is 4.09. The van der Waals surface area contributed by atoms with Crippen molar-refractivity contribution in [1.82, 2.24) is 0 Å². The van der Waals surface area contributed by atoms with Gasteiger partial charge in [0, 0.05) is 0 Å². The molecule has 11 heavy (non-hydrogen) atoms. The number of hydrogen-bond acceptors (Lipinski definition) is 0. The molecule has 0 aromatic rings. The van der Waals surface area contributed by atoms with Crippen LogP contribution in [0.2, 0.25) is 0 Å². The number of rotatable bonds is 4. The van der Waals surface area contributed by atoms with E-state index in [-0.39, 0.29) is 17.6 Å². The fraction of sp³-hybridized carbons (Fsp3) is 1.00. The summed E-state index contributed by atoms with van der Waals surface area (Å²) in [5, 5.41) is 7.94. The zero-order chi connectivity index (χ0) is 8.24. The topological polar surface area (TPSA) is 28.2 Å². The summed E-state index contributed by atoms with van der Waals surface area (Å²) in [5.41, 5.74) is 0. The maximum absolute atomic E-state index is 3.97. The van der Waals surface area contributed by atoms with Crippen molar-refractivity contribution < 1.29 is 0 Å². The Morgan fingerprint density at radius 1 is 0.636 bits per heavy atom. The molecule has 3 heteroatoms. The van der Waals surface area contributed by atoms with Crippen molar-refractivity contribution >= 4 is 17.6 Å². The summed E-state index contributed by atoms with van der Waals surface area (Å²) >= 11 is 0. The van der Waals surface area contributed by atoms with Crippen LogP contribution >= 0.6 is 0 Å². The molecule has 0 fully saturated rings. The van der Waals surface area contributed by atoms with Crippen LogP contribution in [0.1, 0.15) is 27.7 Å². The van der Waals surface area contributed by atoms with E-state index in [2.05, 4.69) is 10.6 Å². The van der Waals surface area contributed by atoms with Crippen molar-refractivity contribution in [2.75, 3.05) is 26.2 Å². The first-order valence-corrected chi connectivity index (χ1v) is 4.09. The predicted molar refractivity (Wildman–Crippen MR) is 57.4 cm³/mol. The third-order valence-electron chi connectivity index (χ3n) is 0.894. The molecule has 0 unspecified atom stereocenters. The fourth-order valence-corrected chi connectivity index (χ4v) is 0.447. The zero-order valence-corrected chi connectivity index (χ0v) is 11.4. The van der Waals surface area contributed by atoms with Gasteiger partial charge in [0.2, 0.25) is 0 Å². The van der Waals surface area contributed by atoms with Gasteiger partial charge in [-0.05, 0) is 0 Å². The van der Waals surface area contributed by atoms with Crippen LogP contribution in [-0.4, -0.2) is 43.8 Å². The Bertz CT molecular complexity index is 33.1. The molecule has 0 atom stereocenters. The molecule has 0 aliphatic rings. The summed E-state index contributed by atoms with van der Waals surface area (Å²) in [6, 6.07) is 0. The van der Waals surface area contributed by atoms with Crippen LogP contribution in [0, 0.1) is 0 Å². The van der Waals surface area contributed by atoms with Crippen molar-refractivity contribution in [3.63, 3.8) is 0 Å². The van der Waals surface area contributed by atoms with Gasteiger partial charge in [-0.3, -0.25) is 0 Å². The summed E-state index contributed by atoms with van der Waals surface area (Å²) in [6.07, 6.45) is 0. The minimum atomic E-state index is 0. The second-order valence-corrected chi connectivity index (χ2v) is 1.71. The second kappa shape index (κ2) is 22.4. The predicted octanol–water partition coefficient (Wildman–Crippen LogP) is 1.88. The first-order chi connectivity index (χ1) is 4.83. The Hall–Kier alpha value is 0.463. The molecule has 0 saturated heterocycles. The average Bonchev–Trinajstić information content (AvgIpc) is 1.93. The maximum atomic E-state index is 3.97. The van der Waals surface area contributed by atoms with Crippen molar-refractivity contribution in [2.45, 2.75) is 27.7 Å². The van der Waals surface area contributed by atoms with E-state index in [4.69, 9.17) is 0 Å². The van der Waals surface area contributed by atoms with Crippen LogP contribution in [-0.2, 0) is 0 Å². The van der Waals surface area contributed by atoms with Gasteiger partial charge in [0.05, 0.1) is 0 Å². The van der Waals surface area contributed by atoms with Crippen LogP contribution in [0.25, 0.3) is 10.6 Å². The Balaban J connectivity index is -0.000000107. The summed E-state index contributed by atoms with van der Waals surface area (Å²) in [6.45, 7) is 12.1. The van der Waals surface area contributed by atoms with E-state index in [0.717, 1.165) is 26.2 Å². The molecule has 2 nitrogen and oxygen atoms in total. The van der Waals surface area contributed by atoms with Crippen LogP contribution in [0.5, 0.6) is 0 Å². The minimum absolute atomic E-state index is 0. The molecule has 0 N–H and O–H groups in total. The van der Waals surface area contributed by atoms with E-state index in [1.165, 1.54) is 0 Å². The summed E-state index contributed by atoms with van der Waals surface area (Å²) < 4.78 is 0. The van der Waals surface area contributed by atoms with Gasteiger partial charge in [-0.1, -0.05) is 27.7 Å². The molecule has 0 aliphatic heterocycles. The molecule has 0 bridgehead atoms. The third kappa shape index (κ3) is 37.6. The molecule has 0 heterocycles. The van der Waals surface area contributed by atoms with E-state index in [1.807, 2.05) is 27.7 Å². The molecule has 0 amide bonds. The van der Waals surface area contributed by atoms with Gasteiger partial charge in [-0.2, -0.15) is 26.2 Å². The van der Waals surface area contributed by atoms with Crippen molar-refractivity contribution in [3.8, 4) is 0 Å². The van der Waals surface area contributed by atoms with E-state index >= 15 is 0 Å². The molecular weight excluding hydrogens is 197 g/mol. The first kappa shape index (κ1) is 17.5. The van der Waals surface area contributed by atoms with Gasteiger partial charge in [0.15, 0.2) is 0 Å². The number of hydrogen-bond donors (Lipinski definition) is 0. The normalized spacial score (nSPS) is 7.64. The average molecular weight is 219 g/mol. The molecular formula is C8H22GeN2. The zero-order valence-electron chi connectivity index (χ0n) is 8.43. The van der Waals surface area contributed by atoms with Gasteiger partial charge in [-0.15, -0.1) is 0 Å². The van der Waals surface area contributed by atoms with Crippen LogP contribution in [0.4, 0.5) is 0 Å². The van der Waals surface area contributed by atoms with Gasteiger partial charge >= 0.3 is 17.6 Å². The third-order valence-corrected chi connectivity index (χ3v) is 0.894. The summed E-state index contributed by atoms with van der Waals surface area (Å²) in [5.74, 6) is 0. The standard InChI is InChI=1S/2C4H10N.GeH2/c2*1-3-5-4-2;/h2*3-4H2,1-2H3;1H2/q2*-1;+2. The van der Waals surface area contributed by atoms with Crippen LogP contribution < -0.4 is 0 Å². The Labute approximate surface area is 82.5 Å². The van der Waals surface area contributed by atoms with Crippen LogP contribution in [0.3, 0.4) is 0 Å². The van der Waals surface area contributed by atoms with Gasteiger partial charge in [-0.25, -0.2) is 0 Å². The van der Waals surface area contributed by atoms with Gasteiger partial charge in [0.1, 0.15) is 0 Å². The van der Waals surface area contributed by atoms with Crippen molar-refractivity contribution in [3.05, 3.63) is 10.6 Å². The molecule has 0 aromatic heterocycles. The number of nitrogens with zero attached hydrogens (tertiary/aromatic N) is 2. The van der Waals surface area contributed by atoms with Crippen molar-refractivity contribution in [1.29, 1.82) is 0 Å². The van der Waals surface area contributed by atoms with E-state index in [9.17, 15) is 0 Å². The second-order valence-electron chi connectivity index (χ2n) is 1.71. The van der Waals surface area contributed by atoms with E-state index in [1.54, 1.807) is 0 Å². The molecule has 0 aliphatic carbocycles.